The summed E-state index contributed by atoms with van der Waals surface area (Å²) >= 11 is 0. The molecular formula is C40H72O7. The van der Waals surface area contributed by atoms with Crippen LogP contribution in [0.3, 0.4) is 0 Å². The summed E-state index contributed by atoms with van der Waals surface area (Å²) in [5, 5.41) is 0. The summed E-state index contributed by atoms with van der Waals surface area (Å²) in [5.41, 5.74) is 0. The number of allylic oxidation sites excluding steroid dienone is 2. The van der Waals surface area contributed by atoms with Gasteiger partial charge in [0.2, 0.25) is 0 Å². The lowest BCUT2D eigenvalue weighted by Crippen LogP contribution is -2.15. The number of ether oxygens (including phenoxy) is 4. The summed E-state index contributed by atoms with van der Waals surface area (Å²) in [6.07, 6.45) is 34.1. The molecule has 0 aliphatic rings. The van der Waals surface area contributed by atoms with Gasteiger partial charge in [-0.2, -0.15) is 0 Å². The van der Waals surface area contributed by atoms with Crippen molar-refractivity contribution < 1.29 is 33.3 Å². The quantitative estimate of drug-likeness (QED) is 0.0288. The highest BCUT2D eigenvalue weighted by Crippen LogP contribution is 2.20. The number of carbonyl (C=O) groups excluding carboxylic acids is 3. The van der Waals surface area contributed by atoms with Crippen molar-refractivity contribution in [1.82, 2.24) is 0 Å². The SMILES string of the molecule is CCCCCC/C=C/COC(=O)CCCCCCCC(CCCCCCCC(=O)OC/C=C/CCCCCC)COC(=O)CCOC. The Balaban J connectivity index is 4.03. The highest BCUT2D eigenvalue weighted by Gasteiger charge is 2.13. The molecule has 0 atom stereocenters. The van der Waals surface area contributed by atoms with Crippen LogP contribution >= 0.6 is 0 Å². The average Bonchev–Trinajstić information content (AvgIpc) is 3.07. The van der Waals surface area contributed by atoms with Crippen LogP contribution in [0, 0.1) is 5.92 Å². The fourth-order valence-corrected chi connectivity index (χ4v) is 5.42. The van der Waals surface area contributed by atoms with Gasteiger partial charge in [-0.3, -0.25) is 14.4 Å². The molecule has 0 heterocycles. The predicted molar refractivity (Wildman–Crippen MR) is 193 cm³/mol. The Morgan fingerprint density at radius 3 is 1.38 bits per heavy atom. The van der Waals surface area contributed by atoms with E-state index >= 15 is 0 Å². The van der Waals surface area contributed by atoms with E-state index < -0.39 is 0 Å². The van der Waals surface area contributed by atoms with Crippen molar-refractivity contribution in [2.75, 3.05) is 33.5 Å². The summed E-state index contributed by atoms with van der Waals surface area (Å²) in [6, 6.07) is 0. The molecule has 0 radical (unpaired) electrons. The van der Waals surface area contributed by atoms with Gasteiger partial charge in [-0.05, 0) is 57.3 Å². The lowest BCUT2D eigenvalue weighted by Gasteiger charge is -2.17. The first-order valence-electron chi connectivity index (χ1n) is 19.3. The van der Waals surface area contributed by atoms with E-state index in [1.807, 2.05) is 12.2 Å². The van der Waals surface area contributed by atoms with Gasteiger partial charge >= 0.3 is 17.9 Å². The Labute approximate surface area is 289 Å². The summed E-state index contributed by atoms with van der Waals surface area (Å²) in [7, 11) is 1.59. The zero-order valence-corrected chi connectivity index (χ0v) is 30.8. The predicted octanol–water partition coefficient (Wildman–Crippen LogP) is 10.8. The molecule has 0 aliphatic carbocycles. The van der Waals surface area contributed by atoms with Crippen molar-refractivity contribution in [2.24, 2.45) is 5.92 Å². The Kier molecular flexibility index (Phi) is 35.0. The van der Waals surface area contributed by atoms with E-state index in [2.05, 4.69) is 26.0 Å². The second kappa shape index (κ2) is 36.7. The molecule has 0 spiro atoms. The average molecular weight is 665 g/mol. The van der Waals surface area contributed by atoms with E-state index in [9.17, 15) is 14.4 Å². The molecule has 0 aromatic rings. The monoisotopic (exact) mass is 665 g/mol. The molecule has 0 rings (SSSR count). The number of hydrogen-bond donors (Lipinski definition) is 0. The standard InChI is InChI=1S/C40H72O7/c1-4-6-8-10-12-20-26-33-45-38(41)30-24-18-14-16-22-28-37(36-47-40(43)32-35-44-3)29-23-17-15-19-25-31-39(42)46-34-27-21-13-11-9-7-5-2/h20-21,26-27,37H,4-19,22-25,28-36H2,1-3H3/b26-20+,27-21+. The summed E-state index contributed by atoms with van der Waals surface area (Å²) in [4.78, 5) is 35.9. The molecule has 0 unspecified atom stereocenters. The molecule has 0 N–H and O–H groups in total. The van der Waals surface area contributed by atoms with E-state index in [4.69, 9.17) is 18.9 Å². The molecular weight excluding hydrogens is 592 g/mol. The largest absolute Gasteiger partial charge is 0.465 e. The van der Waals surface area contributed by atoms with Gasteiger partial charge in [0.25, 0.3) is 0 Å². The van der Waals surface area contributed by atoms with E-state index in [0.717, 1.165) is 89.9 Å². The van der Waals surface area contributed by atoms with Gasteiger partial charge in [0.05, 0.1) is 19.6 Å². The zero-order chi connectivity index (χ0) is 34.5. The highest BCUT2D eigenvalue weighted by molar-refractivity contribution is 5.70. The minimum absolute atomic E-state index is 0.104. The van der Waals surface area contributed by atoms with Crippen LogP contribution in [0.5, 0.6) is 0 Å². The van der Waals surface area contributed by atoms with Crippen molar-refractivity contribution >= 4 is 17.9 Å². The fraction of sp³-hybridized carbons (Fsp3) is 0.825. The molecule has 0 amide bonds. The van der Waals surface area contributed by atoms with Crippen molar-refractivity contribution in [3.05, 3.63) is 24.3 Å². The van der Waals surface area contributed by atoms with E-state index in [1.165, 1.54) is 51.4 Å². The second-order valence-electron chi connectivity index (χ2n) is 12.9. The van der Waals surface area contributed by atoms with Gasteiger partial charge < -0.3 is 18.9 Å². The number of rotatable bonds is 35. The third kappa shape index (κ3) is 35.0. The minimum atomic E-state index is -0.194. The minimum Gasteiger partial charge on any atom is -0.465 e. The molecule has 7 nitrogen and oxygen atoms in total. The van der Waals surface area contributed by atoms with Gasteiger partial charge in [0, 0.05) is 20.0 Å². The zero-order valence-electron chi connectivity index (χ0n) is 30.8. The third-order valence-corrected chi connectivity index (χ3v) is 8.44. The van der Waals surface area contributed by atoms with Crippen LogP contribution in [-0.2, 0) is 33.3 Å². The Bertz CT molecular complexity index is 725. The molecule has 0 fully saturated rings. The van der Waals surface area contributed by atoms with Gasteiger partial charge in [-0.25, -0.2) is 0 Å². The van der Waals surface area contributed by atoms with E-state index in [0.29, 0.717) is 51.6 Å². The Morgan fingerprint density at radius 1 is 0.489 bits per heavy atom. The highest BCUT2D eigenvalue weighted by atomic mass is 16.5. The molecule has 0 saturated heterocycles. The van der Waals surface area contributed by atoms with Gasteiger partial charge in [0.15, 0.2) is 0 Å². The fourth-order valence-electron chi connectivity index (χ4n) is 5.42. The number of esters is 3. The van der Waals surface area contributed by atoms with Crippen LogP contribution in [-0.4, -0.2) is 51.4 Å². The van der Waals surface area contributed by atoms with E-state index in [-0.39, 0.29) is 17.9 Å². The molecule has 274 valence electrons. The molecule has 0 bridgehead atoms. The lowest BCUT2D eigenvalue weighted by molar-refractivity contribution is -0.146. The third-order valence-electron chi connectivity index (χ3n) is 8.44. The van der Waals surface area contributed by atoms with Crippen molar-refractivity contribution in [3.8, 4) is 0 Å². The summed E-state index contributed by atoms with van der Waals surface area (Å²) < 4.78 is 21.2. The molecule has 0 aromatic carbocycles. The molecule has 0 aliphatic heterocycles. The molecule has 0 aromatic heterocycles. The first-order valence-corrected chi connectivity index (χ1v) is 19.3. The smallest absolute Gasteiger partial charge is 0.308 e. The summed E-state index contributed by atoms with van der Waals surface area (Å²) in [6.45, 7) is 6.05. The first kappa shape index (κ1) is 44.9. The number of unbranched alkanes of at least 4 members (excludes halogenated alkanes) is 16. The Morgan fingerprint density at radius 2 is 0.915 bits per heavy atom. The Hall–Kier alpha value is -2.15. The van der Waals surface area contributed by atoms with Gasteiger partial charge in [0.1, 0.15) is 13.2 Å². The maximum Gasteiger partial charge on any atom is 0.308 e. The maximum atomic E-state index is 12.0. The number of methoxy groups -OCH3 is 1. The summed E-state index contributed by atoms with van der Waals surface area (Å²) in [5.74, 6) is -0.0364. The first-order chi connectivity index (χ1) is 23.0. The van der Waals surface area contributed by atoms with Crippen LogP contribution in [0.1, 0.15) is 174 Å². The molecule has 47 heavy (non-hydrogen) atoms. The normalized spacial score (nSPS) is 11.6. The van der Waals surface area contributed by atoms with Crippen LogP contribution in [0.25, 0.3) is 0 Å². The van der Waals surface area contributed by atoms with Crippen LogP contribution in [0.2, 0.25) is 0 Å². The van der Waals surface area contributed by atoms with Crippen molar-refractivity contribution in [2.45, 2.75) is 174 Å². The molecule has 7 heteroatoms. The van der Waals surface area contributed by atoms with Crippen molar-refractivity contribution in [3.63, 3.8) is 0 Å². The number of carbonyl (C=O) groups is 3. The van der Waals surface area contributed by atoms with E-state index in [1.54, 1.807) is 7.11 Å². The van der Waals surface area contributed by atoms with Gasteiger partial charge in [-0.1, -0.05) is 128 Å². The number of hydrogen-bond acceptors (Lipinski definition) is 7. The van der Waals surface area contributed by atoms with Crippen LogP contribution in [0.15, 0.2) is 24.3 Å². The lowest BCUT2D eigenvalue weighted by atomic mass is 9.94. The van der Waals surface area contributed by atoms with Gasteiger partial charge in [-0.15, -0.1) is 0 Å². The second-order valence-corrected chi connectivity index (χ2v) is 12.9. The van der Waals surface area contributed by atoms with Crippen LogP contribution in [0.4, 0.5) is 0 Å². The topological polar surface area (TPSA) is 88.1 Å². The molecule has 0 saturated carbocycles. The van der Waals surface area contributed by atoms with Crippen molar-refractivity contribution in [1.29, 1.82) is 0 Å². The van der Waals surface area contributed by atoms with Crippen LogP contribution < -0.4 is 0 Å². The maximum absolute atomic E-state index is 12.0.